The lowest BCUT2D eigenvalue weighted by Gasteiger charge is -2.16. The summed E-state index contributed by atoms with van der Waals surface area (Å²) >= 11 is 1.46. The van der Waals surface area contributed by atoms with Crippen molar-refractivity contribution in [1.82, 2.24) is 0 Å². The molecule has 3 rings (SSSR count). The molecule has 0 saturated carbocycles. The molecule has 31 heavy (non-hydrogen) atoms. The normalized spacial score (nSPS) is 13.3. The second kappa shape index (κ2) is 9.81. The molecule has 0 spiro atoms. The first-order chi connectivity index (χ1) is 14.9. The van der Waals surface area contributed by atoms with Crippen molar-refractivity contribution < 1.29 is 9.53 Å². The van der Waals surface area contributed by atoms with Crippen molar-refractivity contribution in [3.05, 3.63) is 50.4 Å². The van der Waals surface area contributed by atoms with Crippen molar-refractivity contribution in [1.29, 1.82) is 10.5 Å². The largest absolute Gasteiger partial charge is 0.494 e. The number of hydrogen-bond acceptors (Lipinski definition) is 5. The molecule has 0 aliphatic heterocycles. The van der Waals surface area contributed by atoms with Gasteiger partial charge in [-0.15, -0.1) is 11.3 Å². The van der Waals surface area contributed by atoms with Crippen molar-refractivity contribution in [2.45, 2.75) is 59.3 Å². The van der Waals surface area contributed by atoms with E-state index >= 15 is 0 Å². The lowest BCUT2D eigenvalue weighted by molar-refractivity contribution is -0.112. The maximum Gasteiger partial charge on any atom is 0.266 e. The van der Waals surface area contributed by atoms with Gasteiger partial charge in [0.2, 0.25) is 0 Å². The Morgan fingerprint density at radius 3 is 2.68 bits per heavy atom. The molecule has 0 atom stereocenters. The van der Waals surface area contributed by atoms with E-state index < -0.39 is 5.91 Å². The van der Waals surface area contributed by atoms with E-state index in [0.29, 0.717) is 17.2 Å². The molecule has 0 bridgehead atoms. The second-order valence-corrected chi connectivity index (χ2v) is 9.09. The average molecular weight is 434 g/mol. The molecule has 1 aliphatic rings. The van der Waals surface area contributed by atoms with E-state index in [1.54, 1.807) is 6.08 Å². The van der Waals surface area contributed by atoms with Crippen molar-refractivity contribution in [3.63, 3.8) is 0 Å². The van der Waals surface area contributed by atoms with Gasteiger partial charge in [-0.2, -0.15) is 10.5 Å². The Bertz CT molecular complexity index is 1110. The zero-order valence-electron chi connectivity index (χ0n) is 18.5. The minimum Gasteiger partial charge on any atom is -0.494 e. The first-order valence-electron chi connectivity index (χ1n) is 10.6. The topological polar surface area (TPSA) is 85.9 Å². The smallest absolute Gasteiger partial charge is 0.266 e. The number of benzene rings is 1. The van der Waals surface area contributed by atoms with E-state index in [0.717, 1.165) is 53.7 Å². The van der Waals surface area contributed by atoms with Gasteiger partial charge in [-0.05, 0) is 85.9 Å². The molecule has 1 aromatic carbocycles. The van der Waals surface area contributed by atoms with E-state index in [1.165, 1.54) is 16.2 Å². The van der Waals surface area contributed by atoms with Gasteiger partial charge in [-0.25, -0.2) is 0 Å². The standard InChI is InChI=1S/C25H27N3O2S/c1-5-30-22-10-16(4)17(12-20(22)15(2)3)11-18(13-26)24(29)28-25-21(14-27)19-8-6-7-9-23(19)31-25/h10-12,15H,5-9H2,1-4H3,(H,28,29). The molecule has 0 radical (unpaired) electrons. The van der Waals surface area contributed by atoms with E-state index in [1.807, 2.05) is 32.0 Å². The van der Waals surface area contributed by atoms with E-state index in [2.05, 4.69) is 25.2 Å². The molecule has 0 fully saturated rings. The molecule has 1 heterocycles. The van der Waals surface area contributed by atoms with Crippen LogP contribution in [0, 0.1) is 29.6 Å². The van der Waals surface area contributed by atoms with E-state index in [9.17, 15) is 15.3 Å². The molecule has 0 saturated heterocycles. The number of carbonyl (C=O) groups excluding carboxylic acids is 1. The SMILES string of the molecule is CCOc1cc(C)c(C=C(C#N)C(=O)Nc2sc3c(c2C#N)CCCC3)cc1C(C)C. The Labute approximate surface area is 188 Å². The number of nitriles is 2. The van der Waals surface area contributed by atoms with Gasteiger partial charge < -0.3 is 10.1 Å². The fraction of sp³-hybridized carbons (Fsp3) is 0.400. The van der Waals surface area contributed by atoms with Gasteiger partial charge in [0.15, 0.2) is 0 Å². The highest BCUT2D eigenvalue weighted by Crippen LogP contribution is 2.38. The third kappa shape index (κ3) is 4.81. The third-order valence-corrected chi connectivity index (χ3v) is 6.70. The molecular weight excluding hydrogens is 406 g/mol. The van der Waals surface area contributed by atoms with Crippen molar-refractivity contribution in [2.24, 2.45) is 0 Å². The molecule has 1 aliphatic carbocycles. The van der Waals surface area contributed by atoms with Crippen LogP contribution in [0.15, 0.2) is 17.7 Å². The Kier molecular flexibility index (Phi) is 7.15. The average Bonchev–Trinajstić information content (AvgIpc) is 3.09. The lowest BCUT2D eigenvalue weighted by atomic mass is 9.95. The highest BCUT2D eigenvalue weighted by molar-refractivity contribution is 7.16. The van der Waals surface area contributed by atoms with Gasteiger partial charge in [0.25, 0.3) is 5.91 Å². The van der Waals surface area contributed by atoms with Gasteiger partial charge in [-0.3, -0.25) is 4.79 Å². The summed E-state index contributed by atoms with van der Waals surface area (Å²) in [6, 6.07) is 8.21. The predicted molar refractivity (Wildman–Crippen MR) is 124 cm³/mol. The van der Waals surface area contributed by atoms with Gasteiger partial charge in [0, 0.05) is 4.88 Å². The zero-order valence-corrected chi connectivity index (χ0v) is 19.3. The maximum absolute atomic E-state index is 12.9. The summed E-state index contributed by atoms with van der Waals surface area (Å²) in [6.07, 6.45) is 5.59. The van der Waals surface area contributed by atoms with Crippen LogP contribution in [0.25, 0.3) is 6.08 Å². The second-order valence-electron chi connectivity index (χ2n) is 7.99. The van der Waals surface area contributed by atoms with Crippen LogP contribution < -0.4 is 10.1 Å². The molecule has 160 valence electrons. The van der Waals surface area contributed by atoms with Crippen LogP contribution in [-0.4, -0.2) is 12.5 Å². The highest BCUT2D eigenvalue weighted by atomic mass is 32.1. The number of rotatable bonds is 6. The summed E-state index contributed by atoms with van der Waals surface area (Å²) in [5.41, 5.74) is 4.39. The molecule has 1 N–H and O–H groups in total. The van der Waals surface area contributed by atoms with Crippen LogP contribution in [-0.2, 0) is 17.6 Å². The van der Waals surface area contributed by atoms with Gasteiger partial charge in [0.1, 0.15) is 28.5 Å². The summed E-state index contributed by atoms with van der Waals surface area (Å²) in [5.74, 6) is 0.583. The first kappa shape index (κ1) is 22.6. The predicted octanol–water partition coefficient (Wildman–Crippen LogP) is 5.87. The van der Waals surface area contributed by atoms with Gasteiger partial charge in [0.05, 0.1) is 12.2 Å². The summed E-state index contributed by atoms with van der Waals surface area (Å²) < 4.78 is 5.76. The summed E-state index contributed by atoms with van der Waals surface area (Å²) in [6.45, 7) is 8.63. The highest BCUT2D eigenvalue weighted by Gasteiger charge is 2.23. The number of nitrogens with one attached hydrogen (secondary N) is 1. The lowest BCUT2D eigenvalue weighted by Crippen LogP contribution is -2.13. The van der Waals surface area contributed by atoms with Gasteiger partial charge in [-0.1, -0.05) is 13.8 Å². The molecule has 5 nitrogen and oxygen atoms in total. The molecule has 1 aromatic heterocycles. The van der Waals surface area contributed by atoms with Crippen LogP contribution in [0.4, 0.5) is 5.00 Å². The molecule has 6 heteroatoms. The van der Waals surface area contributed by atoms with Crippen LogP contribution in [0.3, 0.4) is 0 Å². The summed E-state index contributed by atoms with van der Waals surface area (Å²) in [5, 5.41) is 22.6. The Morgan fingerprint density at radius 2 is 2.03 bits per heavy atom. The molecule has 0 unspecified atom stereocenters. The number of nitrogens with zero attached hydrogens (tertiary/aromatic N) is 2. The molecular formula is C25H27N3O2S. The maximum atomic E-state index is 12.9. The first-order valence-corrected chi connectivity index (χ1v) is 11.5. The number of fused-ring (bicyclic) bond motifs is 1. The number of carbonyl (C=O) groups is 1. The number of anilines is 1. The Balaban J connectivity index is 1.93. The van der Waals surface area contributed by atoms with Crippen molar-refractivity contribution in [2.75, 3.05) is 11.9 Å². The number of thiophene rings is 1. The van der Waals surface area contributed by atoms with Crippen molar-refractivity contribution in [3.8, 4) is 17.9 Å². The van der Waals surface area contributed by atoms with Gasteiger partial charge >= 0.3 is 0 Å². The Hall–Kier alpha value is -3.09. The van der Waals surface area contributed by atoms with Crippen LogP contribution in [0.2, 0.25) is 0 Å². The van der Waals surface area contributed by atoms with Crippen LogP contribution >= 0.6 is 11.3 Å². The number of ether oxygens (including phenoxy) is 1. The summed E-state index contributed by atoms with van der Waals surface area (Å²) in [7, 11) is 0. The minimum atomic E-state index is -0.489. The van der Waals surface area contributed by atoms with Crippen LogP contribution in [0.5, 0.6) is 5.75 Å². The number of hydrogen-bond donors (Lipinski definition) is 1. The van der Waals surface area contributed by atoms with E-state index in [4.69, 9.17) is 4.74 Å². The van der Waals surface area contributed by atoms with Crippen molar-refractivity contribution >= 4 is 28.3 Å². The number of aryl methyl sites for hydroxylation is 2. The van der Waals surface area contributed by atoms with E-state index in [-0.39, 0.29) is 11.5 Å². The molecule has 2 aromatic rings. The fourth-order valence-corrected chi connectivity index (χ4v) is 5.08. The minimum absolute atomic E-state index is 0.0113. The Morgan fingerprint density at radius 1 is 1.29 bits per heavy atom. The third-order valence-electron chi connectivity index (χ3n) is 5.50. The molecule has 1 amide bonds. The summed E-state index contributed by atoms with van der Waals surface area (Å²) in [4.78, 5) is 14.1. The fourth-order valence-electron chi connectivity index (χ4n) is 3.85. The zero-order chi connectivity index (χ0) is 22.5. The van der Waals surface area contributed by atoms with Crippen LogP contribution in [0.1, 0.15) is 72.2 Å². The monoisotopic (exact) mass is 433 g/mol. The quantitative estimate of drug-likeness (QED) is 0.456. The number of amides is 1.